The van der Waals surface area contributed by atoms with Gasteiger partial charge in [-0.15, -0.1) is 6.42 Å². The van der Waals surface area contributed by atoms with E-state index in [-0.39, 0.29) is 17.3 Å². The molecule has 0 spiro atoms. The van der Waals surface area contributed by atoms with Crippen LogP contribution in [-0.2, 0) is 4.79 Å². The van der Waals surface area contributed by atoms with Gasteiger partial charge in [-0.3, -0.25) is 9.59 Å². The minimum Gasteiger partial charge on any atom is -0.508 e. The molecule has 258 valence electrons. The average Bonchev–Trinajstić information content (AvgIpc) is 3.08. The van der Waals surface area contributed by atoms with Crippen LogP contribution in [0.2, 0.25) is 0 Å². The number of unbranched alkanes of at least 4 members (excludes halogenated alkanes) is 5. The Kier molecular flexibility index (Phi) is 38.5. The van der Waals surface area contributed by atoms with Crippen molar-refractivity contribution in [3.8, 4) is 18.1 Å². The van der Waals surface area contributed by atoms with Gasteiger partial charge < -0.3 is 10.4 Å². The summed E-state index contributed by atoms with van der Waals surface area (Å²) in [6.07, 6.45) is 19.4. The number of nitrogens with one attached hydrogen (secondary N) is 1. The Hall–Kier alpha value is -3.55. The van der Waals surface area contributed by atoms with Crippen LogP contribution < -0.4 is 5.32 Å². The molecule has 0 aliphatic carbocycles. The number of halogens is 1. The molecule has 0 fully saturated rings. The zero-order chi connectivity index (χ0) is 36.3. The zero-order valence-electron chi connectivity index (χ0n) is 30.7. The van der Waals surface area contributed by atoms with E-state index in [1.807, 2.05) is 58.9 Å². The third-order valence-electron chi connectivity index (χ3n) is 6.03. The molecule has 2 aromatic rings. The molecule has 0 saturated carbocycles. The van der Waals surface area contributed by atoms with Crippen LogP contribution in [0.15, 0.2) is 84.1 Å². The van der Waals surface area contributed by atoms with E-state index in [4.69, 9.17) is 18.0 Å². The van der Waals surface area contributed by atoms with E-state index in [1.54, 1.807) is 37.4 Å². The monoisotopic (exact) mass is 653 g/mol. The van der Waals surface area contributed by atoms with Crippen LogP contribution in [-0.4, -0.2) is 23.2 Å². The molecule has 0 aliphatic rings. The molecule has 2 aromatic carbocycles. The first kappa shape index (κ1) is 49.3. The van der Waals surface area contributed by atoms with Gasteiger partial charge in [0.25, 0.3) is 0 Å². The highest BCUT2D eigenvalue weighted by Crippen LogP contribution is 2.22. The normalized spacial score (nSPS) is 10.0. The van der Waals surface area contributed by atoms with Crippen molar-refractivity contribution in [3.63, 3.8) is 0 Å². The molecule has 0 heterocycles. The summed E-state index contributed by atoms with van der Waals surface area (Å²) in [6.45, 7) is 27.1. The first-order valence-corrected chi connectivity index (χ1v) is 17.1. The molecule has 0 aromatic heterocycles. The molecule has 0 saturated heterocycles. The van der Waals surface area contributed by atoms with Crippen LogP contribution in [0.25, 0.3) is 10.8 Å². The number of phenols is 1. The Balaban J connectivity index is -0.000000266. The summed E-state index contributed by atoms with van der Waals surface area (Å²) in [4.78, 5) is 22.8. The van der Waals surface area contributed by atoms with Crippen LogP contribution >= 0.6 is 11.6 Å². The molecular formula is C41H64ClNO3. The predicted octanol–water partition coefficient (Wildman–Crippen LogP) is 12.5. The number of ketones is 2. The van der Waals surface area contributed by atoms with Gasteiger partial charge in [-0.25, -0.2) is 0 Å². The van der Waals surface area contributed by atoms with Crippen molar-refractivity contribution >= 4 is 33.9 Å². The summed E-state index contributed by atoms with van der Waals surface area (Å²) in [7, 11) is 0. The Morgan fingerprint density at radius 2 is 1.39 bits per heavy atom. The van der Waals surface area contributed by atoms with Crippen LogP contribution in [0.4, 0.5) is 0 Å². The Bertz CT molecular complexity index is 1200. The number of terminal acetylenes is 1. The smallest absolute Gasteiger partial charge is 0.162 e. The highest BCUT2D eigenvalue weighted by molar-refractivity contribution is 6.34. The van der Waals surface area contributed by atoms with Gasteiger partial charge in [-0.2, -0.15) is 0 Å². The number of aromatic hydroxyl groups is 1. The molecule has 0 atom stereocenters. The summed E-state index contributed by atoms with van der Waals surface area (Å²) in [5.41, 5.74) is 2.21. The number of benzene rings is 2. The minimum atomic E-state index is -0.00295. The number of hydrogen-bond acceptors (Lipinski definition) is 4. The lowest BCUT2D eigenvalue weighted by Crippen LogP contribution is -2.01. The standard InChI is InChI=1S/C15H16O2.C10H13ClO.C7H16.C5H7N.2C2H6/c1-2-3-4-15(17)13-6-5-12-10-14(16)8-7-11(12)9-13;1-5-6-7(2)10(11)8(3)9(4)12;1-3-5-7-6-4-2;1-3-5-6-4-2;2*1-2/h5-10,16H,2-4H2,1H3;5-6H,1H2,2-4H3;3-7H2,1-2H3;1,4,6H,2,5H2;2*1-2H3/b;7-6-,10-8-;;;;. The van der Waals surface area contributed by atoms with Crippen LogP contribution in [0.5, 0.6) is 5.75 Å². The Morgan fingerprint density at radius 1 is 0.870 bits per heavy atom. The third kappa shape index (κ3) is 26.8. The van der Waals surface area contributed by atoms with Crippen molar-refractivity contribution in [1.29, 1.82) is 0 Å². The van der Waals surface area contributed by atoms with Gasteiger partial charge in [0.1, 0.15) is 5.75 Å². The lowest BCUT2D eigenvalue weighted by atomic mass is 10.0. The molecule has 0 unspecified atom stereocenters. The fourth-order valence-corrected chi connectivity index (χ4v) is 3.59. The maximum Gasteiger partial charge on any atom is 0.162 e. The van der Waals surface area contributed by atoms with E-state index in [2.05, 4.69) is 45.2 Å². The second-order valence-electron chi connectivity index (χ2n) is 9.70. The molecular weight excluding hydrogens is 590 g/mol. The van der Waals surface area contributed by atoms with Gasteiger partial charge in [0, 0.05) is 22.6 Å². The van der Waals surface area contributed by atoms with E-state index >= 15 is 0 Å². The van der Waals surface area contributed by atoms with E-state index in [0.717, 1.165) is 34.8 Å². The quantitative estimate of drug-likeness (QED) is 0.0742. The zero-order valence-corrected chi connectivity index (χ0v) is 31.4. The number of hydrogen-bond donors (Lipinski definition) is 2. The largest absolute Gasteiger partial charge is 0.508 e. The summed E-state index contributed by atoms with van der Waals surface area (Å²) >= 11 is 5.90. The molecule has 0 aliphatic heterocycles. The topological polar surface area (TPSA) is 66.4 Å². The van der Waals surface area contributed by atoms with Crippen molar-refractivity contribution in [1.82, 2.24) is 5.32 Å². The van der Waals surface area contributed by atoms with Crippen LogP contribution in [0.1, 0.15) is 131 Å². The summed E-state index contributed by atoms with van der Waals surface area (Å²) in [5.74, 6) is 2.83. The number of Topliss-reactive ketones (excluding diaryl/α,β-unsaturated/α-hetero) is 2. The Labute approximate surface area is 288 Å². The first-order valence-electron chi connectivity index (χ1n) is 16.7. The molecule has 2 N–H and O–H groups in total. The van der Waals surface area contributed by atoms with Crippen molar-refractivity contribution in [2.24, 2.45) is 0 Å². The molecule has 5 heteroatoms. The second-order valence-corrected chi connectivity index (χ2v) is 10.1. The number of fused-ring (bicyclic) bond motifs is 1. The van der Waals surface area contributed by atoms with E-state index < -0.39 is 0 Å². The van der Waals surface area contributed by atoms with Crippen LogP contribution in [0, 0.1) is 12.3 Å². The molecule has 0 radical (unpaired) electrons. The first-order chi connectivity index (χ1) is 22.0. The van der Waals surface area contributed by atoms with Gasteiger partial charge >= 0.3 is 0 Å². The fraction of sp³-hybridized carbons (Fsp3) is 0.463. The van der Waals surface area contributed by atoms with Crippen molar-refractivity contribution in [3.05, 3.63) is 89.7 Å². The Morgan fingerprint density at radius 3 is 1.83 bits per heavy atom. The fourth-order valence-electron chi connectivity index (χ4n) is 3.40. The second kappa shape index (κ2) is 35.9. The third-order valence-corrected chi connectivity index (χ3v) is 6.61. The number of rotatable bonds is 13. The van der Waals surface area contributed by atoms with Crippen molar-refractivity contribution < 1.29 is 14.7 Å². The van der Waals surface area contributed by atoms with E-state index in [1.165, 1.54) is 39.0 Å². The highest BCUT2D eigenvalue weighted by atomic mass is 35.5. The summed E-state index contributed by atoms with van der Waals surface area (Å²) < 4.78 is 0. The van der Waals surface area contributed by atoms with Crippen molar-refractivity contribution in [2.45, 2.75) is 121 Å². The number of carbonyl (C=O) groups excluding carboxylic acids is 2. The average molecular weight is 654 g/mol. The van der Waals surface area contributed by atoms with E-state index in [0.29, 0.717) is 23.6 Å². The highest BCUT2D eigenvalue weighted by Gasteiger charge is 2.06. The van der Waals surface area contributed by atoms with Crippen LogP contribution in [0.3, 0.4) is 0 Å². The van der Waals surface area contributed by atoms with Crippen molar-refractivity contribution in [2.75, 3.05) is 6.54 Å². The molecule has 46 heavy (non-hydrogen) atoms. The maximum absolute atomic E-state index is 11.9. The number of carbonyl (C=O) groups is 2. The van der Waals surface area contributed by atoms with Gasteiger partial charge in [-0.1, -0.05) is 148 Å². The van der Waals surface area contributed by atoms with Gasteiger partial charge in [-0.05, 0) is 67.9 Å². The SMILES string of the molecule is C#CCNC=C.C=C/C=C(C)\C(Cl)=C(/C)C(C)=O.CC.CC.CCCCC(=O)c1ccc2cc(O)ccc2c1.CCCCCCC. The lowest BCUT2D eigenvalue weighted by molar-refractivity contribution is -0.113. The van der Waals surface area contributed by atoms with Gasteiger partial charge in [0.2, 0.25) is 0 Å². The molecule has 0 amide bonds. The molecule has 4 nitrogen and oxygen atoms in total. The maximum atomic E-state index is 11.9. The summed E-state index contributed by atoms with van der Waals surface area (Å²) in [5, 5.41) is 14.5. The predicted molar refractivity (Wildman–Crippen MR) is 207 cm³/mol. The van der Waals surface area contributed by atoms with Gasteiger partial charge in [0.15, 0.2) is 11.6 Å². The lowest BCUT2D eigenvalue weighted by Gasteiger charge is -2.03. The molecule has 0 bridgehead atoms. The minimum absolute atomic E-state index is 0.00295. The number of phenolic OH excluding ortho intramolecular Hbond substituents is 1. The van der Waals surface area contributed by atoms with Gasteiger partial charge in [0.05, 0.1) is 6.54 Å². The summed E-state index contributed by atoms with van der Waals surface area (Å²) in [6, 6.07) is 10.8. The number of allylic oxidation sites excluding steroid dienone is 5. The van der Waals surface area contributed by atoms with E-state index in [9.17, 15) is 14.7 Å². The molecule has 2 rings (SSSR count).